The van der Waals surface area contributed by atoms with E-state index in [1.165, 1.54) is 0 Å². The molecule has 0 heterocycles. The normalized spacial score (nSPS) is 22.0. The summed E-state index contributed by atoms with van der Waals surface area (Å²) < 4.78 is 70.9. The molecule has 2 rings (SSSR count). The smallest absolute Gasteiger partial charge is 0.419 e. The Morgan fingerprint density at radius 2 is 1.78 bits per heavy atom. The van der Waals surface area contributed by atoms with Crippen molar-refractivity contribution in [3.63, 3.8) is 0 Å². The summed E-state index contributed by atoms with van der Waals surface area (Å²) in [5.41, 5.74) is -1.77. The molecule has 1 fully saturated rings. The predicted octanol–water partition coefficient (Wildman–Crippen LogP) is 4.82. The molecule has 0 unspecified atom stereocenters. The van der Waals surface area contributed by atoms with Crippen LogP contribution in [-0.4, -0.2) is 12.6 Å². The van der Waals surface area contributed by atoms with Gasteiger partial charge in [-0.2, -0.15) is 13.2 Å². The van der Waals surface area contributed by atoms with E-state index in [2.05, 4.69) is 0 Å². The van der Waals surface area contributed by atoms with Gasteiger partial charge in [0.25, 0.3) is 0 Å². The average Bonchev–Trinajstić information content (AvgIpc) is 2.49. The molecule has 1 aliphatic carbocycles. The molecule has 0 saturated heterocycles. The Bertz CT molecular complexity index is 575. The van der Waals surface area contributed by atoms with Gasteiger partial charge < -0.3 is 4.74 Å². The number of benzene rings is 1. The van der Waals surface area contributed by atoms with Crippen molar-refractivity contribution in [1.82, 2.24) is 0 Å². The first-order valence-electron chi connectivity index (χ1n) is 7.47. The summed E-state index contributed by atoms with van der Waals surface area (Å²) in [5.74, 6) is -4.62. The topological polar surface area (TPSA) is 26.3 Å². The zero-order valence-corrected chi connectivity index (χ0v) is 12.6. The van der Waals surface area contributed by atoms with E-state index in [1.807, 2.05) is 0 Å². The van der Waals surface area contributed by atoms with Crippen molar-refractivity contribution in [3.05, 3.63) is 34.9 Å². The third-order valence-corrected chi connectivity index (χ3v) is 4.20. The van der Waals surface area contributed by atoms with Crippen LogP contribution in [0, 0.1) is 17.6 Å². The van der Waals surface area contributed by atoms with E-state index in [4.69, 9.17) is 4.74 Å². The molecule has 7 heteroatoms. The van der Waals surface area contributed by atoms with Crippen LogP contribution >= 0.6 is 0 Å². The van der Waals surface area contributed by atoms with Gasteiger partial charge in [0.1, 0.15) is 0 Å². The van der Waals surface area contributed by atoms with Crippen molar-refractivity contribution in [2.75, 3.05) is 6.61 Å². The van der Waals surface area contributed by atoms with Crippen LogP contribution in [0.3, 0.4) is 0 Å². The quantitative estimate of drug-likeness (QED) is 0.584. The predicted molar refractivity (Wildman–Crippen MR) is 72.7 cm³/mol. The molecule has 1 aromatic rings. The van der Waals surface area contributed by atoms with Crippen molar-refractivity contribution in [1.29, 1.82) is 0 Å². The molecule has 1 aliphatic rings. The third-order valence-electron chi connectivity index (χ3n) is 4.20. The Balaban J connectivity index is 2.22. The molecular formula is C16H17F5O2. The van der Waals surface area contributed by atoms with Gasteiger partial charge >= 0.3 is 12.1 Å². The van der Waals surface area contributed by atoms with Crippen LogP contribution in [0.25, 0.3) is 0 Å². The van der Waals surface area contributed by atoms with Gasteiger partial charge in [-0.05, 0) is 50.2 Å². The first-order chi connectivity index (χ1) is 10.8. The van der Waals surface area contributed by atoms with Gasteiger partial charge in [0, 0.05) is 0 Å². The number of halogens is 5. The Morgan fingerprint density at radius 3 is 2.30 bits per heavy atom. The number of esters is 1. The monoisotopic (exact) mass is 336 g/mol. The zero-order valence-electron chi connectivity index (χ0n) is 12.6. The minimum Gasteiger partial charge on any atom is -0.466 e. The summed E-state index contributed by atoms with van der Waals surface area (Å²) in [5, 5.41) is 0. The molecule has 0 spiro atoms. The maximum atomic E-state index is 13.6. The summed E-state index contributed by atoms with van der Waals surface area (Å²) in [4.78, 5) is 11.7. The number of ether oxygens (including phenoxy) is 1. The Kier molecular flexibility index (Phi) is 5.26. The minimum absolute atomic E-state index is 0.237. The Morgan fingerprint density at radius 1 is 1.17 bits per heavy atom. The largest absolute Gasteiger partial charge is 0.466 e. The van der Waals surface area contributed by atoms with E-state index < -0.39 is 29.3 Å². The van der Waals surface area contributed by atoms with Gasteiger partial charge in [0.05, 0.1) is 18.1 Å². The van der Waals surface area contributed by atoms with Crippen LogP contribution in [0.15, 0.2) is 12.1 Å². The lowest BCUT2D eigenvalue weighted by atomic mass is 9.77. The summed E-state index contributed by atoms with van der Waals surface area (Å²) in [7, 11) is 0. The van der Waals surface area contributed by atoms with Crippen molar-refractivity contribution in [2.45, 2.75) is 44.7 Å². The average molecular weight is 336 g/mol. The van der Waals surface area contributed by atoms with Crippen LogP contribution in [0.4, 0.5) is 22.0 Å². The lowest BCUT2D eigenvalue weighted by Crippen LogP contribution is -2.24. The summed E-state index contributed by atoms with van der Waals surface area (Å²) >= 11 is 0. The van der Waals surface area contributed by atoms with Gasteiger partial charge in [-0.1, -0.05) is 6.07 Å². The molecule has 23 heavy (non-hydrogen) atoms. The van der Waals surface area contributed by atoms with Gasteiger partial charge in [-0.15, -0.1) is 0 Å². The van der Waals surface area contributed by atoms with Gasteiger partial charge in [0.15, 0.2) is 11.6 Å². The Labute approximate surface area is 130 Å². The number of carbonyl (C=O) groups excluding carboxylic acids is 1. The highest BCUT2D eigenvalue weighted by Crippen LogP contribution is 2.43. The molecule has 1 aromatic carbocycles. The fourth-order valence-corrected chi connectivity index (χ4v) is 3.09. The molecule has 0 aromatic heterocycles. The van der Waals surface area contributed by atoms with Crippen LogP contribution in [0.1, 0.15) is 49.7 Å². The number of rotatable bonds is 3. The van der Waals surface area contributed by atoms with E-state index in [9.17, 15) is 26.7 Å². The Hall–Kier alpha value is -1.66. The summed E-state index contributed by atoms with van der Waals surface area (Å²) in [6, 6.07) is 1.72. The summed E-state index contributed by atoms with van der Waals surface area (Å²) in [6.07, 6.45) is -3.60. The maximum absolute atomic E-state index is 13.6. The van der Waals surface area contributed by atoms with Crippen molar-refractivity contribution >= 4 is 5.97 Å². The van der Waals surface area contributed by atoms with E-state index in [0.29, 0.717) is 25.7 Å². The molecule has 1 saturated carbocycles. The molecule has 0 bridgehead atoms. The number of hydrogen-bond acceptors (Lipinski definition) is 2. The molecule has 2 nitrogen and oxygen atoms in total. The minimum atomic E-state index is -4.96. The van der Waals surface area contributed by atoms with Crippen LogP contribution in [-0.2, 0) is 15.7 Å². The summed E-state index contributed by atoms with van der Waals surface area (Å²) in [6.45, 7) is 1.93. The van der Waals surface area contributed by atoms with Crippen molar-refractivity contribution in [3.8, 4) is 0 Å². The number of alkyl halides is 3. The van der Waals surface area contributed by atoms with E-state index in [-0.39, 0.29) is 24.1 Å². The van der Waals surface area contributed by atoms with Gasteiger partial charge in [0.2, 0.25) is 0 Å². The highest BCUT2D eigenvalue weighted by atomic mass is 19.4. The van der Waals surface area contributed by atoms with Gasteiger partial charge in [-0.25, -0.2) is 8.78 Å². The van der Waals surface area contributed by atoms with Crippen LogP contribution in [0.2, 0.25) is 0 Å². The fourth-order valence-electron chi connectivity index (χ4n) is 3.09. The second kappa shape index (κ2) is 6.84. The molecule has 0 atom stereocenters. The molecule has 128 valence electrons. The highest BCUT2D eigenvalue weighted by Gasteiger charge is 2.40. The first kappa shape index (κ1) is 17.7. The lowest BCUT2D eigenvalue weighted by Gasteiger charge is -2.29. The van der Waals surface area contributed by atoms with E-state index in [1.54, 1.807) is 6.92 Å². The number of hydrogen-bond donors (Lipinski definition) is 0. The molecule has 0 amide bonds. The molecule has 0 aliphatic heterocycles. The second-order valence-electron chi connectivity index (χ2n) is 5.62. The third kappa shape index (κ3) is 3.82. The zero-order chi connectivity index (χ0) is 17.2. The maximum Gasteiger partial charge on any atom is 0.419 e. The molecule has 0 N–H and O–H groups in total. The van der Waals surface area contributed by atoms with Crippen molar-refractivity contribution < 1.29 is 31.5 Å². The van der Waals surface area contributed by atoms with Crippen molar-refractivity contribution in [2.24, 2.45) is 5.92 Å². The molecular weight excluding hydrogens is 319 g/mol. The SMILES string of the molecule is CCOC(=O)C1CCC(c2ccc(F)c(F)c2C(F)(F)F)CC1. The second-order valence-corrected chi connectivity index (χ2v) is 5.62. The first-order valence-corrected chi connectivity index (χ1v) is 7.47. The number of carbonyl (C=O) groups is 1. The highest BCUT2D eigenvalue weighted by molar-refractivity contribution is 5.72. The standard InChI is InChI=1S/C16H17F5O2/c1-2-23-15(22)10-5-3-9(4-6-10)11-7-8-12(17)14(18)13(11)16(19,20)21/h7-10H,2-6H2,1H3. The lowest BCUT2D eigenvalue weighted by molar-refractivity contribution is -0.149. The van der Waals surface area contributed by atoms with E-state index >= 15 is 0 Å². The van der Waals surface area contributed by atoms with E-state index in [0.717, 1.165) is 12.1 Å². The van der Waals surface area contributed by atoms with Gasteiger partial charge in [-0.3, -0.25) is 4.79 Å². The van der Waals surface area contributed by atoms with Crippen LogP contribution < -0.4 is 0 Å². The molecule has 0 radical (unpaired) electrons. The fraction of sp³-hybridized carbons (Fsp3) is 0.562. The van der Waals surface area contributed by atoms with Crippen LogP contribution in [0.5, 0.6) is 0 Å².